The molecule has 0 aromatic heterocycles. The van der Waals surface area contributed by atoms with Crippen molar-refractivity contribution in [1.82, 2.24) is 15.5 Å². The number of hydrogen-bond donors (Lipinski definition) is 2. The number of aliphatic imine (C=N–C) groups is 1. The third-order valence-corrected chi connectivity index (χ3v) is 4.77. The number of rotatable bonds is 7. The molecule has 1 aromatic carbocycles. The highest BCUT2D eigenvalue weighted by atomic mass is 35.5. The summed E-state index contributed by atoms with van der Waals surface area (Å²) in [5.74, 6) is 1.62. The van der Waals surface area contributed by atoms with Gasteiger partial charge in [-0.3, -0.25) is 4.99 Å². The van der Waals surface area contributed by atoms with E-state index in [0.717, 1.165) is 43.6 Å². The van der Waals surface area contributed by atoms with Gasteiger partial charge in [0.25, 0.3) is 0 Å². The maximum Gasteiger partial charge on any atom is 0.191 e. The van der Waals surface area contributed by atoms with Gasteiger partial charge in [-0.15, -0.1) is 0 Å². The number of halogens is 1. The molecule has 0 aliphatic carbocycles. The second kappa shape index (κ2) is 10.6. The molecule has 0 radical (unpaired) electrons. The van der Waals surface area contributed by atoms with E-state index in [1.165, 1.54) is 31.5 Å². The summed E-state index contributed by atoms with van der Waals surface area (Å²) in [5.41, 5.74) is 1.29. The van der Waals surface area contributed by atoms with Crippen LogP contribution in [-0.2, 0) is 6.42 Å². The van der Waals surface area contributed by atoms with Crippen LogP contribution in [0.25, 0.3) is 0 Å². The third kappa shape index (κ3) is 6.70. The van der Waals surface area contributed by atoms with E-state index in [2.05, 4.69) is 41.5 Å². The van der Waals surface area contributed by atoms with Crippen molar-refractivity contribution < 1.29 is 0 Å². The molecule has 4 nitrogen and oxygen atoms in total. The van der Waals surface area contributed by atoms with Crippen LogP contribution in [0.2, 0.25) is 5.02 Å². The zero-order valence-corrected chi connectivity index (χ0v) is 15.8. The molecule has 1 atom stereocenters. The molecular weight excluding hydrogens is 320 g/mol. The molecule has 0 bridgehead atoms. The molecule has 1 heterocycles. The van der Waals surface area contributed by atoms with Gasteiger partial charge in [0, 0.05) is 31.2 Å². The molecule has 0 saturated carbocycles. The maximum atomic E-state index is 5.92. The van der Waals surface area contributed by atoms with Gasteiger partial charge in [-0.25, -0.2) is 0 Å². The minimum absolute atomic E-state index is 0.686. The maximum absolute atomic E-state index is 5.92. The highest BCUT2D eigenvalue weighted by molar-refractivity contribution is 6.30. The first-order valence-electron chi connectivity index (χ1n) is 9.20. The van der Waals surface area contributed by atoms with E-state index in [1.54, 1.807) is 0 Å². The Balaban J connectivity index is 1.78. The van der Waals surface area contributed by atoms with Crippen molar-refractivity contribution in [3.8, 4) is 0 Å². The van der Waals surface area contributed by atoms with Crippen molar-refractivity contribution >= 4 is 17.6 Å². The zero-order chi connectivity index (χ0) is 17.2. The predicted molar refractivity (Wildman–Crippen MR) is 104 cm³/mol. The predicted octanol–water partition coefficient (Wildman–Crippen LogP) is 3.17. The number of hydrogen-bond acceptors (Lipinski definition) is 2. The average Bonchev–Trinajstić information content (AvgIpc) is 2.61. The van der Waals surface area contributed by atoms with Gasteiger partial charge in [-0.2, -0.15) is 0 Å². The topological polar surface area (TPSA) is 39.7 Å². The Hall–Kier alpha value is -1.26. The number of guanidine groups is 1. The van der Waals surface area contributed by atoms with Crippen LogP contribution in [0, 0.1) is 5.92 Å². The standard InChI is InChI=1S/C19H31ClN4/c1-3-21-19(22-12-11-16-7-9-18(20)10-8-16)23-14-17-6-5-13-24(4-2)15-17/h7-10,17H,3-6,11-15H2,1-2H3,(H2,21,22,23). The Morgan fingerprint density at radius 2 is 2.04 bits per heavy atom. The molecule has 1 unspecified atom stereocenters. The summed E-state index contributed by atoms with van der Waals surface area (Å²) in [5, 5.41) is 7.58. The van der Waals surface area contributed by atoms with Gasteiger partial charge in [0.2, 0.25) is 0 Å². The Labute approximate surface area is 151 Å². The number of piperidine rings is 1. The fraction of sp³-hybridized carbons (Fsp3) is 0.632. The minimum atomic E-state index is 0.686. The van der Waals surface area contributed by atoms with E-state index in [4.69, 9.17) is 16.6 Å². The smallest absolute Gasteiger partial charge is 0.191 e. The first-order chi connectivity index (χ1) is 11.7. The molecule has 24 heavy (non-hydrogen) atoms. The van der Waals surface area contributed by atoms with Crippen molar-refractivity contribution in [1.29, 1.82) is 0 Å². The van der Waals surface area contributed by atoms with Crippen LogP contribution >= 0.6 is 11.6 Å². The summed E-state index contributed by atoms with van der Waals surface area (Å²) in [6.07, 6.45) is 3.56. The molecule has 2 N–H and O–H groups in total. The number of nitrogens with one attached hydrogen (secondary N) is 2. The number of nitrogens with zero attached hydrogens (tertiary/aromatic N) is 2. The van der Waals surface area contributed by atoms with E-state index in [-0.39, 0.29) is 0 Å². The third-order valence-electron chi connectivity index (χ3n) is 4.52. The highest BCUT2D eigenvalue weighted by Gasteiger charge is 2.18. The summed E-state index contributed by atoms with van der Waals surface area (Å²) in [7, 11) is 0. The van der Waals surface area contributed by atoms with Crippen molar-refractivity contribution in [3.63, 3.8) is 0 Å². The summed E-state index contributed by atoms with van der Waals surface area (Å²) in [4.78, 5) is 7.33. The average molecular weight is 351 g/mol. The Morgan fingerprint density at radius 3 is 2.75 bits per heavy atom. The van der Waals surface area contributed by atoms with Crippen molar-refractivity contribution in [3.05, 3.63) is 34.9 Å². The molecule has 5 heteroatoms. The molecular formula is C19H31ClN4. The molecule has 1 aromatic rings. The molecule has 134 valence electrons. The number of benzene rings is 1. The molecule has 1 fully saturated rings. The van der Waals surface area contributed by atoms with Crippen molar-refractivity contribution in [2.24, 2.45) is 10.9 Å². The van der Waals surface area contributed by atoms with Crippen molar-refractivity contribution in [2.45, 2.75) is 33.1 Å². The Kier molecular flexibility index (Phi) is 8.40. The fourth-order valence-electron chi connectivity index (χ4n) is 3.13. The minimum Gasteiger partial charge on any atom is -0.357 e. The van der Waals surface area contributed by atoms with Gasteiger partial charge in [-0.05, 0) is 62.9 Å². The normalized spacial score (nSPS) is 19.3. The molecule has 1 aliphatic rings. The van der Waals surface area contributed by atoms with Crippen LogP contribution in [-0.4, -0.2) is 50.1 Å². The quantitative estimate of drug-likeness (QED) is 0.586. The lowest BCUT2D eigenvalue weighted by atomic mass is 9.98. The van der Waals surface area contributed by atoms with E-state index >= 15 is 0 Å². The summed E-state index contributed by atoms with van der Waals surface area (Å²) < 4.78 is 0. The lowest BCUT2D eigenvalue weighted by molar-refractivity contribution is 0.186. The SMILES string of the molecule is CCNC(=NCC1CCCN(CC)C1)NCCc1ccc(Cl)cc1. The second-order valence-corrected chi connectivity index (χ2v) is 6.86. The molecule has 0 amide bonds. The lowest BCUT2D eigenvalue weighted by Crippen LogP contribution is -2.40. The van der Waals surface area contributed by atoms with Gasteiger partial charge < -0.3 is 15.5 Å². The molecule has 2 rings (SSSR count). The largest absolute Gasteiger partial charge is 0.357 e. The van der Waals surface area contributed by atoms with E-state index in [0.29, 0.717) is 5.92 Å². The first-order valence-corrected chi connectivity index (χ1v) is 9.58. The zero-order valence-electron chi connectivity index (χ0n) is 15.0. The lowest BCUT2D eigenvalue weighted by Gasteiger charge is -2.31. The molecule has 0 spiro atoms. The highest BCUT2D eigenvalue weighted by Crippen LogP contribution is 2.16. The summed E-state index contributed by atoms with van der Waals surface area (Å²) >= 11 is 5.92. The Bertz CT molecular complexity index is 501. The first kappa shape index (κ1) is 19.1. The second-order valence-electron chi connectivity index (χ2n) is 6.42. The van der Waals surface area contributed by atoms with Crippen molar-refractivity contribution in [2.75, 3.05) is 39.3 Å². The molecule has 1 saturated heterocycles. The van der Waals surface area contributed by atoms with Crippen LogP contribution in [0.15, 0.2) is 29.3 Å². The van der Waals surface area contributed by atoms with Crippen LogP contribution < -0.4 is 10.6 Å². The van der Waals surface area contributed by atoms with Crippen LogP contribution in [0.5, 0.6) is 0 Å². The van der Waals surface area contributed by atoms with Crippen LogP contribution in [0.4, 0.5) is 0 Å². The monoisotopic (exact) mass is 350 g/mol. The molecule has 1 aliphatic heterocycles. The summed E-state index contributed by atoms with van der Waals surface area (Å²) in [6, 6.07) is 8.04. The van der Waals surface area contributed by atoms with Gasteiger partial charge in [0.05, 0.1) is 0 Å². The van der Waals surface area contributed by atoms with Gasteiger partial charge in [-0.1, -0.05) is 30.7 Å². The van der Waals surface area contributed by atoms with Gasteiger partial charge in [0.1, 0.15) is 0 Å². The van der Waals surface area contributed by atoms with Crippen LogP contribution in [0.1, 0.15) is 32.3 Å². The summed E-state index contributed by atoms with van der Waals surface area (Å²) in [6.45, 7) is 10.6. The van der Waals surface area contributed by atoms with E-state index < -0.39 is 0 Å². The number of likely N-dealkylation sites (tertiary alicyclic amines) is 1. The van der Waals surface area contributed by atoms with Crippen LogP contribution in [0.3, 0.4) is 0 Å². The van der Waals surface area contributed by atoms with Gasteiger partial charge in [0.15, 0.2) is 5.96 Å². The van der Waals surface area contributed by atoms with Gasteiger partial charge >= 0.3 is 0 Å². The fourth-order valence-corrected chi connectivity index (χ4v) is 3.25. The van der Waals surface area contributed by atoms with E-state index in [1.807, 2.05) is 12.1 Å². The van der Waals surface area contributed by atoms with E-state index in [9.17, 15) is 0 Å². The Morgan fingerprint density at radius 1 is 1.25 bits per heavy atom.